The fourth-order valence-electron chi connectivity index (χ4n) is 2.41. The Kier molecular flexibility index (Phi) is 3.41. The minimum absolute atomic E-state index is 0.365. The van der Waals surface area contributed by atoms with Crippen molar-refractivity contribution in [1.82, 2.24) is 0 Å². The van der Waals surface area contributed by atoms with E-state index in [0.717, 1.165) is 27.6 Å². The van der Waals surface area contributed by atoms with Gasteiger partial charge in [0.15, 0.2) is 0 Å². The Morgan fingerprint density at radius 3 is 2.53 bits per heavy atom. The molecule has 19 heavy (non-hydrogen) atoms. The molecule has 0 fully saturated rings. The van der Waals surface area contributed by atoms with E-state index in [0.29, 0.717) is 5.27 Å². The summed E-state index contributed by atoms with van der Waals surface area (Å²) >= 11 is 3.63. The Morgan fingerprint density at radius 1 is 1.05 bits per heavy atom. The van der Waals surface area contributed by atoms with Crippen LogP contribution < -0.4 is 11.2 Å². The Bertz CT molecular complexity index is 737. The standard InChI is InChI=1S/C14H14BNOS2/c1-18-15(19-2)10-7-8-11(16)13-9-5-3-4-6-12(9)17-14(10)13/h3-8H,16H2,1-2H3. The highest BCUT2D eigenvalue weighted by molar-refractivity contribution is 8.55. The number of para-hydroxylation sites is 1. The Hall–Kier alpha value is -1.20. The zero-order valence-corrected chi connectivity index (χ0v) is 12.5. The fraction of sp³-hybridized carbons (Fsp3) is 0.143. The number of hydrogen-bond donors (Lipinski definition) is 1. The number of benzene rings is 2. The SMILES string of the molecule is CSB(SC)c1ccc(N)c2c1oc1ccccc12. The highest BCUT2D eigenvalue weighted by Crippen LogP contribution is 2.33. The van der Waals surface area contributed by atoms with E-state index in [-0.39, 0.29) is 0 Å². The monoisotopic (exact) mass is 287 g/mol. The summed E-state index contributed by atoms with van der Waals surface area (Å²) in [7, 11) is 0. The van der Waals surface area contributed by atoms with Crippen molar-refractivity contribution in [3.8, 4) is 0 Å². The molecule has 0 spiro atoms. The Morgan fingerprint density at radius 2 is 1.79 bits per heavy atom. The van der Waals surface area contributed by atoms with Gasteiger partial charge in [-0.25, -0.2) is 0 Å². The van der Waals surface area contributed by atoms with Gasteiger partial charge in [-0.1, -0.05) is 24.3 Å². The molecule has 3 aromatic rings. The van der Waals surface area contributed by atoms with Gasteiger partial charge in [0.1, 0.15) is 11.2 Å². The second kappa shape index (κ2) is 5.06. The van der Waals surface area contributed by atoms with Gasteiger partial charge in [0.05, 0.1) is 5.39 Å². The van der Waals surface area contributed by atoms with Crippen LogP contribution in [0.2, 0.25) is 0 Å². The van der Waals surface area contributed by atoms with E-state index in [1.807, 2.05) is 47.5 Å². The molecule has 0 unspecified atom stereocenters. The molecule has 0 radical (unpaired) electrons. The minimum atomic E-state index is 0.365. The van der Waals surface area contributed by atoms with E-state index in [9.17, 15) is 0 Å². The Balaban J connectivity index is 2.40. The van der Waals surface area contributed by atoms with Crippen LogP contribution in [0.3, 0.4) is 0 Å². The first-order chi connectivity index (χ1) is 9.26. The first kappa shape index (κ1) is 12.8. The Labute approximate surface area is 121 Å². The molecule has 1 aromatic heterocycles. The van der Waals surface area contributed by atoms with Gasteiger partial charge in [0, 0.05) is 11.1 Å². The molecule has 3 rings (SSSR count). The van der Waals surface area contributed by atoms with Crippen LogP contribution in [0.15, 0.2) is 40.8 Å². The molecule has 0 aliphatic carbocycles. The molecule has 2 N–H and O–H groups in total. The molecular formula is C14H14BNOS2. The van der Waals surface area contributed by atoms with Crippen molar-refractivity contribution in [3.63, 3.8) is 0 Å². The predicted molar refractivity (Wildman–Crippen MR) is 90.6 cm³/mol. The maximum Gasteiger partial charge on any atom is 0.310 e. The number of furan rings is 1. The molecule has 5 heteroatoms. The fourth-order valence-corrected chi connectivity index (χ4v) is 4.06. The molecule has 2 nitrogen and oxygen atoms in total. The average molecular weight is 287 g/mol. The topological polar surface area (TPSA) is 39.2 Å². The molecule has 0 atom stereocenters. The maximum atomic E-state index is 6.15. The second-order valence-corrected chi connectivity index (χ2v) is 6.53. The minimum Gasteiger partial charge on any atom is -0.456 e. The number of nitrogen functional groups attached to an aromatic ring is 1. The van der Waals surface area contributed by atoms with Crippen molar-refractivity contribution in [2.75, 3.05) is 18.2 Å². The van der Waals surface area contributed by atoms with Crippen LogP contribution in [0.4, 0.5) is 5.69 Å². The first-order valence-electron chi connectivity index (χ1n) is 6.01. The number of hydrogen-bond acceptors (Lipinski definition) is 4. The molecule has 0 aliphatic rings. The normalized spacial score (nSPS) is 11.3. The van der Waals surface area contributed by atoms with E-state index in [4.69, 9.17) is 10.2 Å². The highest BCUT2D eigenvalue weighted by Gasteiger charge is 2.21. The summed E-state index contributed by atoms with van der Waals surface area (Å²) in [6.07, 6.45) is 4.23. The summed E-state index contributed by atoms with van der Waals surface area (Å²) in [6, 6.07) is 12.1. The zero-order valence-electron chi connectivity index (χ0n) is 10.8. The van der Waals surface area contributed by atoms with Gasteiger partial charge < -0.3 is 10.2 Å². The van der Waals surface area contributed by atoms with Crippen molar-refractivity contribution >= 4 is 61.6 Å². The largest absolute Gasteiger partial charge is 0.456 e. The van der Waals surface area contributed by atoms with Crippen LogP contribution in [0.1, 0.15) is 0 Å². The van der Waals surface area contributed by atoms with Crippen LogP contribution >= 0.6 is 23.2 Å². The van der Waals surface area contributed by atoms with E-state index < -0.39 is 0 Å². The number of fused-ring (bicyclic) bond motifs is 3. The lowest BCUT2D eigenvalue weighted by Crippen LogP contribution is -2.23. The summed E-state index contributed by atoms with van der Waals surface area (Å²) in [5.41, 5.74) is 9.96. The van der Waals surface area contributed by atoms with Gasteiger partial charge in [0.2, 0.25) is 0 Å². The molecule has 0 saturated heterocycles. The number of nitrogens with two attached hydrogens (primary N) is 1. The molecule has 0 bridgehead atoms. The first-order valence-corrected chi connectivity index (χ1v) is 8.59. The molecule has 0 amide bonds. The lowest BCUT2D eigenvalue weighted by molar-refractivity contribution is 0.671. The average Bonchev–Trinajstić information content (AvgIpc) is 2.82. The molecule has 1 heterocycles. The lowest BCUT2D eigenvalue weighted by Gasteiger charge is -2.09. The number of rotatable bonds is 3. The van der Waals surface area contributed by atoms with Gasteiger partial charge in [-0.3, -0.25) is 0 Å². The van der Waals surface area contributed by atoms with Crippen molar-refractivity contribution in [3.05, 3.63) is 36.4 Å². The van der Waals surface area contributed by atoms with Gasteiger partial charge in [-0.05, 0) is 30.1 Å². The molecule has 0 aliphatic heterocycles. The van der Waals surface area contributed by atoms with Crippen LogP contribution in [0.5, 0.6) is 0 Å². The molecule has 0 saturated carbocycles. The van der Waals surface area contributed by atoms with Crippen LogP contribution in [-0.2, 0) is 0 Å². The van der Waals surface area contributed by atoms with E-state index in [1.165, 1.54) is 5.46 Å². The van der Waals surface area contributed by atoms with Crippen molar-refractivity contribution in [2.24, 2.45) is 0 Å². The van der Waals surface area contributed by atoms with Gasteiger partial charge in [-0.2, -0.15) is 23.2 Å². The third-order valence-electron chi connectivity index (χ3n) is 3.27. The third kappa shape index (κ3) is 2.01. The van der Waals surface area contributed by atoms with E-state index >= 15 is 0 Å². The third-order valence-corrected chi connectivity index (χ3v) is 5.79. The second-order valence-electron chi connectivity index (χ2n) is 4.35. The number of anilines is 1. The van der Waals surface area contributed by atoms with Crippen LogP contribution in [-0.4, -0.2) is 17.8 Å². The summed E-state index contributed by atoms with van der Waals surface area (Å²) < 4.78 is 6.04. The molecular weight excluding hydrogens is 273 g/mol. The predicted octanol–water partition coefficient (Wildman–Crippen LogP) is 3.59. The van der Waals surface area contributed by atoms with Crippen molar-refractivity contribution in [1.29, 1.82) is 0 Å². The van der Waals surface area contributed by atoms with Gasteiger partial charge in [-0.15, -0.1) is 0 Å². The quantitative estimate of drug-likeness (QED) is 0.590. The maximum absolute atomic E-state index is 6.15. The van der Waals surface area contributed by atoms with E-state index in [1.54, 1.807) is 0 Å². The van der Waals surface area contributed by atoms with E-state index in [2.05, 4.69) is 24.6 Å². The van der Waals surface area contributed by atoms with Crippen molar-refractivity contribution in [2.45, 2.75) is 0 Å². The summed E-state index contributed by atoms with van der Waals surface area (Å²) in [6.45, 7) is 0. The summed E-state index contributed by atoms with van der Waals surface area (Å²) in [5.74, 6) is 0. The van der Waals surface area contributed by atoms with Gasteiger partial charge >= 0.3 is 5.27 Å². The lowest BCUT2D eigenvalue weighted by atomic mass is 9.90. The smallest absolute Gasteiger partial charge is 0.310 e. The zero-order chi connectivity index (χ0) is 13.4. The van der Waals surface area contributed by atoms with Gasteiger partial charge in [0.25, 0.3) is 0 Å². The van der Waals surface area contributed by atoms with Crippen LogP contribution in [0.25, 0.3) is 21.9 Å². The summed E-state index contributed by atoms with van der Waals surface area (Å²) in [4.78, 5) is 0. The van der Waals surface area contributed by atoms with Crippen molar-refractivity contribution < 1.29 is 4.42 Å². The van der Waals surface area contributed by atoms with Crippen LogP contribution in [0, 0.1) is 0 Å². The summed E-state index contributed by atoms with van der Waals surface area (Å²) in [5, 5.41) is 2.50. The molecule has 96 valence electrons. The highest BCUT2D eigenvalue weighted by atomic mass is 32.2. The molecule has 2 aromatic carbocycles.